The Labute approximate surface area is 105 Å². The van der Waals surface area contributed by atoms with E-state index < -0.39 is 17.6 Å². The number of halogens is 2. The highest BCUT2D eigenvalue weighted by molar-refractivity contribution is 7.11. The summed E-state index contributed by atoms with van der Waals surface area (Å²) in [5, 5.41) is 12.9. The van der Waals surface area contributed by atoms with Crippen molar-refractivity contribution in [2.45, 2.75) is 6.54 Å². The maximum absolute atomic E-state index is 13.3. The first-order chi connectivity index (χ1) is 8.58. The summed E-state index contributed by atoms with van der Waals surface area (Å²) in [6.07, 6.45) is 0. The fourth-order valence-corrected chi connectivity index (χ4v) is 1.97. The summed E-state index contributed by atoms with van der Waals surface area (Å²) in [6, 6.07) is 3.79. The van der Waals surface area contributed by atoms with Gasteiger partial charge in [-0.05, 0) is 12.1 Å². The molecule has 0 unspecified atom stereocenters. The summed E-state index contributed by atoms with van der Waals surface area (Å²) in [4.78, 5) is 14.4. The molecule has 0 spiro atoms. The number of nitrogens with zero attached hydrogens (tertiary/aromatic N) is 1. The van der Waals surface area contributed by atoms with Crippen LogP contribution in [0.2, 0.25) is 0 Å². The van der Waals surface area contributed by atoms with Crippen molar-refractivity contribution in [3.8, 4) is 0 Å². The summed E-state index contributed by atoms with van der Waals surface area (Å²) in [7, 11) is 0. The van der Waals surface area contributed by atoms with Crippen LogP contribution in [-0.4, -0.2) is 16.1 Å². The molecule has 1 aromatic carbocycles. The molecule has 0 aliphatic heterocycles. The van der Waals surface area contributed by atoms with Crippen LogP contribution in [0.3, 0.4) is 0 Å². The van der Waals surface area contributed by atoms with Crippen LogP contribution in [0.1, 0.15) is 15.5 Å². The molecule has 1 heterocycles. The maximum atomic E-state index is 13.3. The first kappa shape index (κ1) is 12.4. The Morgan fingerprint density at radius 3 is 2.89 bits per heavy atom. The van der Waals surface area contributed by atoms with Gasteiger partial charge >= 0.3 is 5.97 Å². The third-order valence-electron chi connectivity index (χ3n) is 2.15. The number of carboxylic acid groups (broad SMARTS) is 1. The Bertz CT molecular complexity index is 586. The SMILES string of the molecule is O=C(O)c1nc(CNc2cccc(F)c2F)cs1. The Hall–Kier alpha value is -2.02. The zero-order valence-corrected chi connectivity index (χ0v) is 9.80. The zero-order valence-electron chi connectivity index (χ0n) is 8.98. The normalized spacial score (nSPS) is 10.3. The van der Waals surface area contributed by atoms with Crippen molar-refractivity contribution in [2.75, 3.05) is 5.32 Å². The van der Waals surface area contributed by atoms with Gasteiger partial charge in [0.15, 0.2) is 11.6 Å². The minimum atomic E-state index is -1.11. The summed E-state index contributed by atoms with van der Waals surface area (Å²) in [5.41, 5.74) is 0.473. The molecule has 1 aromatic heterocycles. The van der Waals surface area contributed by atoms with Gasteiger partial charge in [0, 0.05) is 5.38 Å². The average molecular weight is 270 g/mol. The maximum Gasteiger partial charge on any atom is 0.365 e. The Kier molecular flexibility index (Phi) is 3.52. The summed E-state index contributed by atoms with van der Waals surface area (Å²) < 4.78 is 26.2. The van der Waals surface area contributed by atoms with Crippen molar-refractivity contribution < 1.29 is 18.7 Å². The Morgan fingerprint density at radius 1 is 1.44 bits per heavy atom. The van der Waals surface area contributed by atoms with Crippen molar-refractivity contribution in [2.24, 2.45) is 0 Å². The topological polar surface area (TPSA) is 62.2 Å². The second-order valence-electron chi connectivity index (χ2n) is 3.40. The molecular weight excluding hydrogens is 262 g/mol. The van der Waals surface area contributed by atoms with Gasteiger partial charge in [0.2, 0.25) is 5.01 Å². The van der Waals surface area contributed by atoms with E-state index in [1.165, 1.54) is 12.1 Å². The summed E-state index contributed by atoms with van der Waals surface area (Å²) in [5.74, 6) is -3.01. The molecule has 0 saturated carbocycles. The van der Waals surface area contributed by atoms with Gasteiger partial charge in [-0.2, -0.15) is 0 Å². The minimum Gasteiger partial charge on any atom is -0.476 e. The molecule has 2 rings (SSSR count). The monoisotopic (exact) mass is 270 g/mol. The molecule has 7 heteroatoms. The lowest BCUT2D eigenvalue weighted by Crippen LogP contribution is -2.04. The number of hydrogen-bond acceptors (Lipinski definition) is 4. The van der Waals surface area contributed by atoms with Crippen molar-refractivity contribution in [1.82, 2.24) is 4.98 Å². The van der Waals surface area contributed by atoms with Crippen LogP contribution < -0.4 is 5.32 Å². The van der Waals surface area contributed by atoms with E-state index in [9.17, 15) is 13.6 Å². The van der Waals surface area contributed by atoms with Crippen molar-refractivity contribution in [3.63, 3.8) is 0 Å². The molecule has 0 saturated heterocycles. The molecule has 2 aromatic rings. The lowest BCUT2D eigenvalue weighted by molar-refractivity contribution is 0.0696. The van der Waals surface area contributed by atoms with E-state index in [1.807, 2.05) is 0 Å². The molecular formula is C11H8F2N2O2S. The second-order valence-corrected chi connectivity index (χ2v) is 4.26. The standard InChI is InChI=1S/C11H8F2N2O2S/c12-7-2-1-3-8(9(7)13)14-4-6-5-18-10(15-6)11(16)17/h1-3,5,14H,4H2,(H,16,17). The summed E-state index contributed by atoms with van der Waals surface area (Å²) in [6.45, 7) is 0.129. The van der Waals surface area contributed by atoms with Crippen LogP contribution in [0.4, 0.5) is 14.5 Å². The van der Waals surface area contributed by atoms with Crippen molar-refractivity contribution in [3.05, 3.63) is 45.9 Å². The molecule has 2 N–H and O–H groups in total. The van der Waals surface area contributed by atoms with Gasteiger partial charge in [0.1, 0.15) is 0 Å². The molecule has 0 atom stereocenters. The zero-order chi connectivity index (χ0) is 13.1. The molecule has 4 nitrogen and oxygen atoms in total. The highest BCUT2D eigenvalue weighted by atomic mass is 32.1. The third kappa shape index (κ3) is 2.62. The fraction of sp³-hybridized carbons (Fsp3) is 0.0909. The summed E-state index contributed by atoms with van der Waals surface area (Å²) >= 11 is 0.982. The van der Waals surface area contributed by atoms with Crippen LogP contribution in [0.15, 0.2) is 23.6 Å². The third-order valence-corrected chi connectivity index (χ3v) is 3.03. The number of aromatic nitrogens is 1. The molecule has 0 radical (unpaired) electrons. The lowest BCUT2D eigenvalue weighted by atomic mass is 10.3. The van der Waals surface area contributed by atoms with Crippen LogP contribution in [0.25, 0.3) is 0 Å². The number of thiazole rings is 1. The molecule has 0 bridgehead atoms. The van der Waals surface area contributed by atoms with Crippen molar-refractivity contribution >= 4 is 23.0 Å². The fourth-order valence-electron chi connectivity index (χ4n) is 1.31. The van der Waals surface area contributed by atoms with Crippen LogP contribution in [-0.2, 0) is 6.54 Å². The number of nitrogens with one attached hydrogen (secondary N) is 1. The van der Waals surface area contributed by atoms with E-state index in [1.54, 1.807) is 5.38 Å². The van der Waals surface area contributed by atoms with E-state index in [0.717, 1.165) is 17.4 Å². The number of carboxylic acids is 1. The first-order valence-electron chi connectivity index (χ1n) is 4.93. The van der Waals surface area contributed by atoms with E-state index in [4.69, 9.17) is 5.11 Å². The lowest BCUT2D eigenvalue weighted by Gasteiger charge is -2.05. The minimum absolute atomic E-state index is 0.0138. The predicted octanol–water partition coefficient (Wildman–Crippen LogP) is 2.73. The molecule has 0 amide bonds. The quantitative estimate of drug-likeness (QED) is 0.896. The van der Waals surface area contributed by atoms with Gasteiger partial charge in [-0.15, -0.1) is 11.3 Å². The molecule has 0 fully saturated rings. The van der Waals surface area contributed by atoms with Crippen LogP contribution in [0.5, 0.6) is 0 Å². The van der Waals surface area contributed by atoms with Crippen LogP contribution >= 0.6 is 11.3 Å². The number of hydrogen-bond donors (Lipinski definition) is 2. The molecule has 18 heavy (non-hydrogen) atoms. The second kappa shape index (κ2) is 5.09. The number of aromatic carboxylic acids is 1. The molecule has 94 valence electrons. The highest BCUT2D eigenvalue weighted by Gasteiger charge is 2.10. The van der Waals surface area contributed by atoms with E-state index >= 15 is 0 Å². The number of anilines is 1. The predicted molar refractivity (Wildman–Crippen MR) is 62.8 cm³/mol. The average Bonchev–Trinajstić information content (AvgIpc) is 2.80. The largest absolute Gasteiger partial charge is 0.476 e. The number of carbonyl (C=O) groups is 1. The van der Waals surface area contributed by atoms with E-state index in [2.05, 4.69) is 10.3 Å². The van der Waals surface area contributed by atoms with Gasteiger partial charge in [-0.25, -0.2) is 18.6 Å². The molecule has 0 aliphatic carbocycles. The van der Waals surface area contributed by atoms with Gasteiger partial charge in [-0.1, -0.05) is 6.07 Å². The first-order valence-corrected chi connectivity index (χ1v) is 5.81. The van der Waals surface area contributed by atoms with Gasteiger partial charge in [0.05, 0.1) is 17.9 Å². The van der Waals surface area contributed by atoms with Gasteiger partial charge < -0.3 is 10.4 Å². The van der Waals surface area contributed by atoms with Gasteiger partial charge in [-0.3, -0.25) is 0 Å². The highest BCUT2D eigenvalue weighted by Crippen LogP contribution is 2.18. The number of benzene rings is 1. The smallest absolute Gasteiger partial charge is 0.365 e. The molecule has 0 aliphatic rings. The van der Waals surface area contributed by atoms with Gasteiger partial charge in [0.25, 0.3) is 0 Å². The Morgan fingerprint density at radius 2 is 2.22 bits per heavy atom. The van der Waals surface area contributed by atoms with E-state index in [0.29, 0.717) is 5.69 Å². The Balaban J connectivity index is 2.07. The number of rotatable bonds is 4. The van der Waals surface area contributed by atoms with E-state index in [-0.39, 0.29) is 17.2 Å². The van der Waals surface area contributed by atoms with Crippen LogP contribution in [0, 0.1) is 11.6 Å². The van der Waals surface area contributed by atoms with Crippen molar-refractivity contribution in [1.29, 1.82) is 0 Å².